The molecule has 4 rings (SSSR count). The average molecular weight is 424 g/mol. The molecule has 1 aliphatic heterocycles. The van der Waals surface area contributed by atoms with E-state index in [1.54, 1.807) is 18.4 Å². The Balaban J connectivity index is 1.53. The summed E-state index contributed by atoms with van der Waals surface area (Å²) in [5.74, 6) is 2.52. The molecule has 0 aliphatic carbocycles. The quantitative estimate of drug-likeness (QED) is 0.657. The molecule has 3 aromatic rings. The van der Waals surface area contributed by atoms with Crippen LogP contribution in [0.4, 0.5) is 5.82 Å². The number of aromatic nitrogens is 2. The number of rotatable bonds is 6. The van der Waals surface area contributed by atoms with E-state index in [0.29, 0.717) is 12.5 Å². The molecule has 0 saturated carbocycles. The van der Waals surface area contributed by atoms with Crippen LogP contribution in [0.2, 0.25) is 0 Å². The summed E-state index contributed by atoms with van der Waals surface area (Å²) >= 11 is 1.69. The lowest BCUT2D eigenvalue weighted by Gasteiger charge is -2.34. The summed E-state index contributed by atoms with van der Waals surface area (Å²) in [6, 6.07) is 10.5. The van der Waals surface area contributed by atoms with Gasteiger partial charge in [-0.1, -0.05) is 30.3 Å². The van der Waals surface area contributed by atoms with Gasteiger partial charge in [-0.05, 0) is 44.3 Å². The number of nitrogens with one attached hydrogen (secondary N) is 1. The number of carbonyl (C=O) groups is 1. The average Bonchev–Trinajstić information content (AvgIpc) is 3.18. The van der Waals surface area contributed by atoms with Crippen molar-refractivity contribution in [3.8, 4) is 11.1 Å². The second-order valence-corrected chi connectivity index (χ2v) is 8.92. The van der Waals surface area contributed by atoms with Crippen LogP contribution < -0.4 is 10.2 Å². The molecule has 1 aromatic carbocycles. The van der Waals surface area contributed by atoms with Crippen molar-refractivity contribution < 1.29 is 4.79 Å². The van der Waals surface area contributed by atoms with E-state index in [1.165, 1.54) is 11.1 Å². The molecule has 0 atom stereocenters. The van der Waals surface area contributed by atoms with E-state index in [4.69, 9.17) is 9.97 Å². The lowest BCUT2D eigenvalue weighted by atomic mass is 9.96. The summed E-state index contributed by atoms with van der Waals surface area (Å²) < 4.78 is 0. The summed E-state index contributed by atoms with van der Waals surface area (Å²) in [6.07, 6.45) is 2.20. The Bertz CT molecular complexity index is 1010. The number of nitrogens with zero attached hydrogens (tertiary/aromatic N) is 4. The number of anilines is 1. The lowest BCUT2D eigenvalue weighted by Crippen LogP contribution is -2.42. The summed E-state index contributed by atoms with van der Waals surface area (Å²) in [6.45, 7) is 5.37. The fraction of sp³-hybridized carbons (Fsp3) is 0.435. The molecule has 0 bridgehead atoms. The topological polar surface area (TPSA) is 61.4 Å². The molecule has 2 aromatic heterocycles. The van der Waals surface area contributed by atoms with Gasteiger partial charge < -0.3 is 10.2 Å². The zero-order valence-electron chi connectivity index (χ0n) is 17.9. The lowest BCUT2D eigenvalue weighted by molar-refractivity contribution is -0.122. The molecular weight excluding hydrogens is 394 g/mol. The van der Waals surface area contributed by atoms with Gasteiger partial charge in [0.2, 0.25) is 5.91 Å². The van der Waals surface area contributed by atoms with Crippen LogP contribution in [0.15, 0.2) is 35.7 Å². The van der Waals surface area contributed by atoms with E-state index in [0.717, 1.165) is 54.3 Å². The van der Waals surface area contributed by atoms with Gasteiger partial charge >= 0.3 is 0 Å². The van der Waals surface area contributed by atoms with Gasteiger partial charge in [0.1, 0.15) is 16.5 Å². The van der Waals surface area contributed by atoms with Crippen LogP contribution in [0.1, 0.15) is 18.7 Å². The first kappa shape index (κ1) is 20.8. The largest absolute Gasteiger partial charge is 0.359 e. The smallest absolute Gasteiger partial charge is 0.233 e. The van der Waals surface area contributed by atoms with Gasteiger partial charge in [0.05, 0.1) is 11.9 Å². The van der Waals surface area contributed by atoms with Gasteiger partial charge in [-0.15, -0.1) is 11.3 Å². The Kier molecular flexibility index (Phi) is 6.29. The fourth-order valence-electron chi connectivity index (χ4n) is 4.22. The van der Waals surface area contributed by atoms with E-state index in [1.807, 2.05) is 13.0 Å². The summed E-state index contributed by atoms with van der Waals surface area (Å²) in [5.41, 5.74) is 2.41. The van der Waals surface area contributed by atoms with Crippen molar-refractivity contribution in [3.05, 3.63) is 41.5 Å². The monoisotopic (exact) mass is 423 g/mol. The third-order valence-corrected chi connectivity index (χ3v) is 6.73. The van der Waals surface area contributed by atoms with Crippen molar-refractivity contribution in [3.63, 3.8) is 0 Å². The number of benzene rings is 1. The zero-order valence-corrected chi connectivity index (χ0v) is 18.7. The molecule has 1 aliphatic rings. The maximum absolute atomic E-state index is 11.6. The Morgan fingerprint density at radius 2 is 1.97 bits per heavy atom. The third-order valence-electron chi connectivity index (χ3n) is 5.86. The molecule has 1 fully saturated rings. The van der Waals surface area contributed by atoms with Gasteiger partial charge in [0.15, 0.2) is 0 Å². The Morgan fingerprint density at radius 3 is 2.67 bits per heavy atom. The number of likely N-dealkylation sites (tertiary alicyclic amines) is 1. The van der Waals surface area contributed by atoms with E-state index < -0.39 is 0 Å². The summed E-state index contributed by atoms with van der Waals surface area (Å²) in [4.78, 5) is 26.8. The second kappa shape index (κ2) is 9.10. The molecular formula is C23H29N5OS. The van der Waals surface area contributed by atoms with Gasteiger partial charge in [-0.25, -0.2) is 9.97 Å². The van der Waals surface area contributed by atoms with Crippen molar-refractivity contribution in [1.82, 2.24) is 20.2 Å². The summed E-state index contributed by atoms with van der Waals surface area (Å²) in [7, 11) is 3.84. The Hall–Kier alpha value is -2.51. The maximum Gasteiger partial charge on any atom is 0.233 e. The predicted molar refractivity (Wildman–Crippen MR) is 124 cm³/mol. The van der Waals surface area contributed by atoms with Crippen molar-refractivity contribution in [2.75, 3.05) is 45.2 Å². The van der Waals surface area contributed by atoms with Gasteiger partial charge in [-0.2, -0.15) is 0 Å². The number of fused-ring (bicyclic) bond motifs is 1. The third kappa shape index (κ3) is 4.47. The second-order valence-electron chi connectivity index (χ2n) is 8.06. The minimum Gasteiger partial charge on any atom is -0.359 e. The fourth-order valence-corrected chi connectivity index (χ4v) is 5.20. The minimum atomic E-state index is 0.0929. The first-order valence-corrected chi connectivity index (χ1v) is 11.4. The number of carbonyl (C=O) groups excluding carboxylic acids is 1. The van der Waals surface area contributed by atoms with Crippen LogP contribution in [0.5, 0.6) is 0 Å². The molecule has 7 heteroatoms. The van der Waals surface area contributed by atoms with Crippen LogP contribution in [0.3, 0.4) is 0 Å². The highest BCUT2D eigenvalue weighted by Crippen LogP contribution is 2.38. The molecule has 30 heavy (non-hydrogen) atoms. The van der Waals surface area contributed by atoms with Crippen LogP contribution >= 0.6 is 11.3 Å². The standard InChI is InChI=1S/C23H29N5OS/c1-16-25-22(21-19(15-30-23(21)26-16)18-7-5-4-6-8-18)27(3)13-17-9-11-28(12-10-17)14-20(29)24-2/h4-8,15,17H,9-14H2,1-3H3,(H,24,29). The Labute approximate surface area is 181 Å². The predicted octanol–water partition coefficient (Wildman–Crippen LogP) is 3.56. The van der Waals surface area contributed by atoms with Crippen LogP contribution in [0, 0.1) is 12.8 Å². The molecule has 1 N–H and O–H groups in total. The van der Waals surface area contributed by atoms with E-state index in [9.17, 15) is 4.79 Å². The molecule has 0 radical (unpaired) electrons. The first-order valence-electron chi connectivity index (χ1n) is 10.5. The van der Waals surface area contributed by atoms with Crippen LogP contribution in [0.25, 0.3) is 21.3 Å². The van der Waals surface area contributed by atoms with E-state index >= 15 is 0 Å². The summed E-state index contributed by atoms with van der Waals surface area (Å²) in [5, 5.41) is 6.06. The number of thiophene rings is 1. The van der Waals surface area contributed by atoms with E-state index in [2.05, 4.69) is 51.8 Å². The molecule has 0 unspecified atom stereocenters. The Morgan fingerprint density at radius 1 is 1.23 bits per heavy atom. The number of amides is 1. The van der Waals surface area contributed by atoms with Gasteiger partial charge in [0.25, 0.3) is 0 Å². The van der Waals surface area contributed by atoms with Crippen molar-refractivity contribution >= 4 is 33.3 Å². The number of aryl methyl sites for hydroxylation is 1. The number of piperidine rings is 1. The number of hydrogen-bond acceptors (Lipinski definition) is 6. The molecule has 1 saturated heterocycles. The van der Waals surface area contributed by atoms with Crippen molar-refractivity contribution in [1.29, 1.82) is 0 Å². The normalized spacial score (nSPS) is 15.4. The van der Waals surface area contributed by atoms with Gasteiger partial charge in [-0.3, -0.25) is 9.69 Å². The minimum absolute atomic E-state index is 0.0929. The SMILES string of the molecule is CNC(=O)CN1CCC(CN(C)c2nc(C)nc3scc(-c4ccccc4)c23)CC1. The maximum atomic E-state index is 11.6. The zero-order chi connectivity index (χ0) is 21.1. The highest BCUT2D eigenvalue weighted by molar-refractivity contribution is 7.17. The molecule has 158 valence electrons. The molecule has 0 spiro atoms. The van der Waals surface area contributed by atoms with Crippen molar-refractivity contribution in [2.45, 2.75) is 19.8 Å². The molecule has 1 amide bonds. The first-order chi connectivity index (χ1) is 14.5. The highest BCUT2D eigenvalue weighted by atomic mass is 32.1. The highest BCUT2D eigenvalue weighted by Gasteiger charge is 2.24. The molecule has 6 nitrogen and oxygen atoms in total. The van der Waals surface area contributed by atoms with Crippen LogP contribution in [-0.4, -0.2) is 61.0 Å². The van der Waals surface area contributed by atoms with Crippen LogP contribution in [-0.2, 0) is 4.79 Å². The molecule has 3 heterocycles. The number of hydrogen-bond donors (Lipinski definition) is 1. The number of likely N-dealkylation sites (N-methyl/N-ethyl adjacent to an activating group) is 1. The van der Waals surface area contributed by atoms with Gasteiger partial charge in [0, 0.05) is 31.6 Å². The van der Waals surface area contributed by atoms with Crippen molar-refractivity contribution in [2.24, 2.45) is 5.92 Å². The van der Waals surface area contributed by atoms with E-state index in [-0.39, 0.29) is 5.91 Å².